The number of hydrogen-bond donors (Lipinski definition) is 1. The lowest BCUT2D eigenvalue weighted by Gasteiger charge is -2.08. The molecule has 0 aliphatic rings. The Balaban J connectivity index is 2.39. The monoisotopic (exact) mass is 282 g/mol. The van der Waals surface area contributed by atoms with E-state index < -0.39 is 10.0 Å². The van der Waals surface area contributed by atoms with Crippen LogP contribution in [0, 0.1) is 0 Å². The number of sulfonamides is 1. The number of rotatable bonds is 5. The minimum absolute atomic E-state index is 0.152. The Morgan fingerprint density at radius 3 is 2.63 bits per heavy atom. The molecular formula is C13H18N2O3S. The van der Waals surface area contributed by atoms with Crippen molar-refractivity contribution in [1.29, 1.82) is 0 Å². The van der Waals surface area contributed by atoms with Crippen LogP contribution in [-0.4, -0.2) is 25.7 Å². The molecular weight excluding hydrogens is 264 g/mol. The van der Waals surface area contributed by atoms with Crippen molar-refractivity contribution in [3.63, 3.8) is 0 Å². The standard InChI is InChI=1S/C13H18N2O3S/c1-10(2)18-8-7-15-9-13(19(14,16)17)11-5-3-4-6-12(11)15/h3-6,9-10H,7-8H2,1-2H3,(H2,14,16,17). The molecule has 0 bridgehead atoms. The first-order valence-electron chi connectivity index (χ1n) is 6.12. The number of para-hydroxylation sites is 1. The summed E-state index contributed by atoms with van der Waals surface area (Å²) in [6, 6.07) is 7.30. The van der Waals surface area contributed by atoms with Crippen molar-refractivity contribution in [1.82, 2.24) is 4.57 Å². The van der Waals surface area contributed by atoms with E-state index in [1.165, 1.54) is 0 Å². The zero-order valence-electron chi connectivity index (χ0n) is 11.0. The predicted octanol–water partition coefficient (Wildman–Crippen LogP) is 1.71. The molecule has 19 heavy (non-hydrogen) atoms. The van der Waals surface area contributed by atoms with E-state index in [4.69, 9.17) is 9.88 Å². The Bertz CT molecular complexity index is 674. The lowest BCUT2D eigenvalue weighted by molar-refractivity contribution is 0.0733. The molecule has 0 radical (unpaired) electrons. The van der Waals surface area contributed by atoms with Crippen molar-refractivity contribution < 1.29 is 13.2 Å². The van der Waals surface area contributed by atoms with Crippen LogP contribution in [0.25, 0.3) is 10.9 Å². The smallest absolute Gasteiger partial charge is 0.240 e. The summed E-state index contributed by atoms with van der Waals surface area (Å²) in [4.78, 5) is 0.160. The fraction of sp³-hybridized carbons (Fsp3) is 0.385. The molecule has 2 rings (SSSR count). The molecule has 5 nitrogen and oxygen atoms in total. The Morgan fingerprint density at radius 2 is 2.00 bits per heavy atom. The third-order valence-electron chi connectivity index (χ3n) is 2.84. The number of nitrogens with zero attached hydrogens (tertiary/aromatic N) is 1. The second-order valence-corrected chi connectivity index (χ2v) is 6.20. The molecule has 0 spiro atoms. The normalized spacial score (nSPS) is 12.4. The summed E-state index contributed by atoms with van der Waals surface area (Å²) in [5.74, 6) is 0. The van der Waals surface area contributed by atoms with Gasteiger partial charge in [0.25, 0.3) is 0 Å². The largest absolute Gasteiger partial charge is 0.377 e. The fourth-order valence-corrected chi connectivity index (χ4v) is 2.76. The third-order valence-corrected chi connectivity index (χ3v) is 3.78. The molecule has 1 aromatic carbocycles. The summed E-state index contributed by atoms with van der Waals surface area (Å²) in [7, 11) is -3.71. The second kappa shape index (κ2) is 5.32. The van der Waals surface area contributed by atoms with Crippen LogP contribution in [0.5, 0.6) is 0 Å². The van der Waals surface area contributed by atoms with Gasteiger partial charge in [-0.15, -0.1) is 0 Å². The maximum atomic E-state index is 11.6. The molecule has 0 aliphatic carbocycles. The van der Waals surface area contributed by atoms with Gasteiger partial charge in [-0.05, 0) is 19.9 Å². The Morgan fingerprint density at radius 1 is 1.32 bits per heavy atom. The highest BCUT2D eigenvalue weighted by Crippen LogP contribution is 2.24. The number of benzene rings is 1. The number of hydrogen-bond acceptors (Lipinski definition) is 3. The Hall–Kier alpha value is -1.37. The van der Waals surface area contributed by atoms with Gasteiger partial charge >= 0.3 is 0 Å². The van der Waals surface area contributed by atoms with E-state index in [1.807, 2.05) is 30.5 Å². The SMILES string of the molecule is CC(C)OCCn1cc(S(N)(=O)=O)c2ccccc21. The van der Waals surface area contributed by atoms with Gasteiger partial charge in [0.05, 0.1) is 12.7 Å². The number of nitrogens with two attached hydrogens (primary N) is 1. The van der Waals surface area contributed by atoms with E-state index in [1.54, 1.807) is 18.3 Å². The minimum atomic E-state index is -3.71. The Kier molecular flexibility index (Phi) is 3.93. The average Bonchev–Trinajstić information content (AvgIpc) is 2.68. The maximum absolute atomic E-state index is 11.6. The number of fused-ring (bicyclic) bond motifs is 1. The zero-order chi connectivity index (χ0) is 14.0. The first-order chi connectivity index (χ1) is 8.89. The van der Waals surface area contributed by atoms with Gasteiger partial charge in [-0.3, -0.25) is 0 Å². The van der Waals surface area contributed by atoms with Gasteiger partial charge in [0.15, 0.2) is 0 Å². The lowest BCUT2D eigenvalue weighted by atomic mass is 10.2. The number of ether oxygens (including phenoxy) is 1. The van der Waals surface area contributed by atoms with Crippen molar-refractivity contribution in [2.45, 2.75) is 31.4 Å². The van der Waals surface area contributed by atoms with Crippen LogP contribution in [0.15, 0.2) is 35.4 Å². The van der Waals surface area contributed by atoms with Gasteiger partial charge < -0.3 is 9.30 Å². The van der Waals surface area contributed by atoms with E-state index in [-0.39, 0.29) is 11.0 Å². The quantitative estimate of drug-likeness (QED) is 0.907. The van der Waals surface area contributed by atoms with Crippen LogP contribution in [0.4, 0.5) is 0 Å². The molecule has 0 fully saturated rings. The summed E-state index contributed by atoms with van der Waals surface area (Å²) in [5.41, 5.74) is 0.846. The van der Waals surface area contributed by atoms with Crippen LogP contribution in [0.2, 0.25) is 0 Å². The number of primary sulfonamides is 1. The molecule has 1 heterocycles. The first-order valence-corrected chi connectivity index (χ1v) is 7.66. The summed E-state index contributed by atoms with van der Waals surface area (Å²) in [6.07, 6.45) is 1.73. The van der Waals surface area contributed by atoms with Gasteiger partial charge in [-0.2, -0.15) is 0 Å². The summed E-state index contributed by atoms with van der Waals surface area (Å²) in [6.45, 7) is 5.04. The molecule has 2 N–H and O–H groups in total. The second-order valence-electron chi connectivity index (χ2n) is 4.67. The molecule has 0 saturated heterocycles. The minimum Gasteiger partial charge on any atom is -0.377 e. The maximum Gasteiger partial charge on any atom is 0.240 e. The predicted molar refractivity (Wildman–Crippen MR) is 74.4 cm³/mol. The van der Waals surface area contributed by atoms with Crippen molar-refractivity contribution in [3.05, 3.63) is 30.5 Å². The Labute approximate surface area is 113 Å². The van der Waals surface area contributed by atoms with E-state index in [0.29, 0.717) is 18.5 Å². The van der Waals surface area contributed by atoms with Gasteiger partial charge in [0.2, 0.25) is 10.0 Å². The van der Waals surface area contributed by atoms with E-state index >= 15 is 0 Å². The molecule has 1 aromatic heterocycles. The first kappa shape index (κ1) is 14.0. The van der Waals surface area contributed by atoms with Crippen molar-refractivity contribution in [2.24, 2.45) is 5.14 Å². The van der Waals surface area contributed by atoms with Gasteiger partial charge in [0, 0.05) is 23.6 Å². The van der Waals surface area contributed by atoms with Gasteiger partial charge in [-0.1, -0.05) is 18.2 Å². The van der Waals surface area contributed by atoms with Crippen LogP contribution >= 0.6 is 0 Å². The molecule has 0 saturated carbocycles. The summed E-state index contributed by atoms with van der Waals surface area (Å²) < 4.78 is 30.5. The zero-order valence-corrected chi connectivity index (χ0v) is 11.9. The van der Waals surface area contributed by atoms with Crippen molar-refractivity contribution >= 4 is 20.9 Å². The fourth-order valence-electron chi connectivity index (χ4n) is 2.01. The molecule has 0 amide bonds. The average molecular weight is 282 g/mol. The van der Waals surface area contributed by atoms with Crippen molar-refractivity contribution in [3.8, 4) is 0 Å². The third kappa shape index (κ3) is 3.15. The summed E-state index contributed by atoms with van der Waals surface area (Å²) >= 11 is 0. The van der Waals surface area contributed by atoms with E-state index in [9.17, 15) is 8.42 Å². The number of aromatic nitrogens is 1. The van der Waals surface area contributed by atoms with Gasteiger partial charge in [0.1, 0.15) is 4.90 Å². The summed E-state index contributed by atoms with van der Waals surface area (Å²) in [5, 5.41) is 5.89. The van der Waals surface area contributed by atoms with Crippen molar-refractivity contribution in [2.75, 3.05) is 6.61 Å². The molecule has 0 unspecified atom stereocenters. The molecule has 6 heteroatoms. The molecule has 2 aromatic rings. The topological polar surface area (TPSA) is 74.3 Å². The van der Waals surface area contributed by atoms with Crippen LogP contribution in [-0.2, 0) is 21.3 Å². The lowest BCUT2D eigenvalue weighted by Crippen LogP contribution is -2.12. The van der Waals surface area contributed by atoms with Crippen LogP contribution in [0.1, 0.15) is 13.8 Å². The van der Waals surface area contributed by atoms with Crippen LogP contribution < -0.4 is 5.14 Å². The van der Waals surface area contributed by atoms with Crippen LogP contribution in [0.3, 0.4) is 0 Å². The molecule has 0 atom stereocenters. The highest BCUT2D eigenvalue weighted by molar-refractivity contribution is 7.89. The van der Waals surface area contributed by atoms with E-state index in [2.05, 4.69) is 0 Å². The highest BCUT2D eigenvalue weighted by atomic mass is 32.2. The molecule has 104 valence electrons. The highest BCUT2D eigenvalue weighted by Gasteiger charge is 2.16. The van der Waals surface area contributed by atoms with E-state index in [0.717, 1.165) is 5.52 Å². The van der Waals surface area contributed by atoms with Gasteiger partial charge in [-0.25, -0.2) is 13.6 Å². The molecule has 0 aliphatic heterocycles.